The lowest BCUT2D eigenvalue weighted by Gasteiger charge is -2.12. The first-order valence-corrected chi connectivity index (χ1v) is 10.2. The van der Waals surface area contributed by atoms with E-state index in [-0.39, 0.29) is 5.75 Å². The third kappa shape index (κ3) is 6.76. The number of hydrogen-bond donors (Lipinski definition) is 2. The highest BCUT2D eigenvalue weighted by Gasteiger charge is 2.13. The molecule has 140 valence electrons. The van der Waals surface area contributed by atoms with Crippen LogP contribution in [-0.2, 0) is 9.84 Å². The molecular formula is C19H25N3O3S. The van der Waals surface area contributed by atoms with E-state index >= 15 is 0 Å². The summed E-state index contributed by atoms with van der Waals surface area (Å²) in [6, 6.07) is 18.1. The Balaban J connectivity index is 1.64. The van der Waals surface area contributed by atoms with Crippen molar-refractivity contribution in [2.75, 3.05) is 32.5 Å². The second-order valence-corrected chi connectivity index (χ2v) is 7.68. The molecule has 2 N–H and O–H groups in total. The van der Waals surface area contributed by atoms with E-state index in [0.29, 0.717) is 37.0 Å². The molecule has 2 aromatic rings. The van der Waals surface area contributed by atoms with E-state index in [1.165, 1.54) is 0 Å². The molecule has 26 heavy (non-hydrogen) atoms. The fourth-order valence-corrected chi connectivity index (χ4v) is 3.62. The van der Waals surface area contributed by atoms with Gasteiger partial charge in [0, 0.05) is 13.6 Å². The van der Waals surface area contributed by atoms with Gasteiger partial charge in [-0.2, -0.15) is 0 Å². The minimum absolute atomic E-state index is 0.0954. The molecule has 0 unspecified atom stereocenters. The molecule has 0 bridgehead atoms. The number of aliphatic imine (C=N–C) groups is 1. The van der Waals surface area contributed by atoms with Crippen LogP contribution in [0.2, 0.25) is 0 Å². The van der Waals surface area contributed by atoms with Crippen LogP contribution in [0.3, 0.4) is 0 Å². The monoisotopic (exact) mass is 375 g/mol. The highest BCUT2D eigenvalue weighted by molar-refractivity contribution is 7.91. The molecule has 0 aliphatic heterocycles. The van der Waals surface area contributed by atoms with E-state index in [1.54, 1.807) is 37.4 Å². The van der Waals surface area contributed by atoms with Gasteiger partial charge in [-0.15, -0.1) is 0 Å². The summed E-state index contributed by atoms with van der Waals surface area (Å²) in [7, 11) is -1.56. The Hall–Kier alpha value is -2.54. The minimum Gasteiger partial charge on any atom is -0.492 e. The lowest BCUT2D eigenvalue weighted by atomic mass is 10.3. The predicted molar refractivity (Wildman–Crippen MR) is 104 cm³/mol. The fraction of sp³-hybridized carbons (Fsp3) is 0.316. The molecule has 7 heteroatoms. The van der Waals surface area contributed by atoms with Crippen LogP contribution in [0.25, 0.3) is 0 Å². The van der Waals surface area contributed by atoms with E-state index in [2.05, 4.69) is 15.6 Å². The molecule has 0 saturated heterocycles. The zero-order valence-electron chi connectivity index (χ0n) is 14.9. The largest absolute Gasteiger partial charge is 0.492 e. The molecule has 2 aromatic carbocycles. The van der Waals surface area contributed by atoms with Crippen molar-refractivity contribution in [3.05, 3.63) is 60.7 Å². The SMILES string of the molecule is CN=C(NCCCS(=O)(=O)c1ccccc1)NCCOc1ccccc1. The molecule has 0 radical (unpaired) electrons. The second kappa shape index (κ2) is 10.5. The van der Waals surface area contributed by atoms with Crippen molar-refractivity contribution < 1.29 is 13.2 Å². The number of ether oxygens (including phenoxy) is 1. The first-order chi connectivity index (χ1) is 12.6. The summed E-state index contributed by atoms with van der Waals surface area (Å²) in [5.74, 6) is 1.54. The number of nitrogens with zero attached hydrogens (tertiary/aromatic N) is 1. The van der Waals surface area contributed by atoms with Crippen molar-refractivity contribution >= 4 is 15.8 Å². The van der Waals surface area contributed by atoms with Gasteiger partial charge in [0.2, 0.25) is 0 Å². The van der Waals surface area contributed by atoms with E-state index < -0.39 is 9.84 Å². The Kier molecular flexibility index (Phi) is 7.95. The highest BCUT2D eigenvalue weighted by atomic mass is 32.2. The topological polar surface area (TPSA) is 79.8 Å². The summed E-state index contributed by atoms with van der Waals surface area (Å²) >= 11 is 0. The molecule has 0 saturated carbocycles. The van der Waals surface area contributed by atoms with Crippen LogP contribution in [0, 0.1) is 0 Å². The molecule has 2 rings (SSSR count). The van der Waals surface area contributed by atoms with Gasteiger partial charge in [-0.1, -0.05) is 36.4 Å². The molecule has 0 aliphatic rings. The minimum atomic E-state index is -3.24. The maximum Gasteiger partial charge on any atom is 0.191 e. The van der Waals surface area contributed by atoms with E-state index in [0.717, 1.165) is 5.75 Å². The smallest absolute Gasteiger partial charge is 0.191 e. The van der Waals surface area contributed by atoms with Crippen molar-refractivity contribution in [3.63, 3.8) is 0 Å². The summed E-state index contributed by atoms with van der Waals surface area (Å²) in [5, 5.41) is 6.24. The molecular weight excluding hydrogens is 350 g/mol. The van der Waals surface area contributed by atoms with Crippen LogP contribution < -0.4 is 15.4 Å². The van der Waals surface area contributed by atoms with Crippen molar-refractivity contribution in [2.45, 2.75) is 11.3 Å². The number of benzene rings is 2. The summed E-state index contributed by atoms with van der Waals surface area (Å²) in [6.07, 6.45) is 0.498. The summed E-state index contributed by atoms with van der Waals surface area (Å²) in [6.45, 7) is 1.62. The fourth-order valence-electron chi connectivity index (χ4n) is 2.29. The van der Waals surface area contributed by atoms with Crippen LogP contribution >= 0.6 is 0 Å². The van der Waals surface area contributed by atoms with Crippen LogP contribution in [-0.4, -0.2) is 46.9 Å². The molecule has 0 fully saturated rings. The number of guanidine groups is 1. The number of nitrogens with one attached hydrogen (secondary N) is 2. The number of sulfone groups is 1. The average molecular weight is 375 g/mol. The van der Waals surface area contributed by atoms with E-state index in [9.17, 15) is 8.42 Å². The van der Waals surface area contributed by atoms with Gasteiger partial charge >= 0.3 is 0 Å². The molecule has 0 atom stereocenters. The maximum absolute atomic E-state index is 12.2. The van der Waals surface area contributed by atoms with E-state index in [4.69, 9.17) is 4.74 Å². The third-order valence-corrected chi connectivity index (χ3v) is 5.43. The first kappa shape index (κ1) is 19.8. The molecule has 0 aromatic heterocycles. The lowest BCUT2D eigenvalue weighted by Crippen LogP contribution is -2.40. The molecule has 0 spiro atoms. The Bertz CT molecular complexity index is 778. The second-order valence-electron chi connectivity index (χ2n) is 5.57. The van der Waals surface area contributed by atoms with Gasteiger partial charge in [0.05, 0.1) is 17.2 Å². The summed E-state index contributed by atoms with van der Waals surface area (Å²) in [5.41, 5.74) is 0. The summed E-state index contributed by atoms with van der Waals surface area (Å²) in [4.78, 5) is 4.48. The Morgan fingerprint density at radius 1 is 0.962 bits per heavy atom. The van der Waals surface area contributed by atoms with Gasteiger partial charge in [-0.05, 0) is 30.7 Å². The number of rotatable bonds is 9. The van der Waals surface area contributed by atoms with Gasteiger partial charge in [0.15, 0.2) is 15.8 Å². The maximum atomic E-state index is 12.2. The normalized spacial score (nSPS) is 11.8. The quantitative estimate of drug-likeness (QED) is 0.399. The molecule has 0 aliphatic carbocycles. The van der Waals surface area contributed by atoms with Crippen LogP contribution in [0.1, 0.15) is 6.42 Å². The predicted octanol–water partition coefficient (Wildman–Crippen LogP) is 2.09. The standard InChI is InChI=1S/C19H25N3O3S/c1-20-19(22-14-15-25-17-9-4-2-5-10-17)21-13-8-16-26(23,24)18-11-6-3-7-12-18/h2-7,9-12H,8,13-16H2,1H3,(H2,20,21,22). The highest BCUT2D eigenvalue weighted by Crippen LogP contribution is 2.10. The van der Waals surface area contributed by atoms with Crippen LogP contribution in [0.15, 0.2) is 70.6 Å². The van der Waals surface area contributed by atoms with Crippen molar-refractivity contribution in [2.24, 2.45) is 4.99 Å². The van der Waals surface area contributed by atoms with Crippen molar-refractivity contribution in [3.8, 4) is 5.75 Å². The first-order valence-electron chi connectivity index (χ1n) is 8.52. The van der Waals surface area contributed by atoms with Crippen LogP contribution in [0.5, 0.6) is 5.75 Å². The number of para-hydroxylation sites is 1. The molecule has 6 nitrogen and oxygen atoms in total. The van der Waals surface area contributed by atoms with Crippen LogP contribution in [0.4, 0.5) is 0 Å². The van der Waals surface area contributed by atoms with Gasteiger partial charge in [-0.25, -0.2) is 8.42 Å². The van der Waals surface area contributed by atoms with Gasteiger partial charge in [0.1, 0.15) is 12.4 Å². The van der Waals surface area contributed by atoms with Gasteiger partial charge in [-0.3, -0.25) is 4.99 Å². The van der Waals surface area contributed by atoms with Crippen molar-refractivity contribution in [1.29, 1.82) is 0 Å². The van der Waals surface area contributed by atoms with Gasteiger partial charge in [0.25, 0.3) is 0 Å². The zero-order chi connectivity index (χ0) is 18.7. The average Bonchev–Trinajstić information content (AvgIpc) is 2.68. The van der Waals surface area contributed by atoms with Crippen molar-refractivity contribution in [1.82, 2.24) is 10.6 Å². The lowest BCUT2D eigenvalue weighted by molar-refractivity contribution is 0.322. The Morgan fingerprint density at radius 3 is 2.23 bits per heavy atom. The Morgan fingerprint density at radius 2 is 1.58 bits per heavy atom. The molecule has 0 heterocycles. The van der Waals surface area contributed by atoms with Gasteiger partial charge < -0.3 is 15.4 Å². The zero-order valence-corrected chi connectivity index (χ0v) is 15.7. The summed E-state index contributed by atoms with van der Waals surface area (Å²) < 4.78 is 30.0. The molecule has 0 amide bonds. The third-order valence-electron chi connectivity index (χ3n) is 3.61. The number of hydrogen-bond acceptors (Lipinski definition) is 4. The van der Waals surface area contributed by atoms with E-state index in [1.807, 2.05) is 30.3 Å². The Labute approximate surface area is 155 Å².